The topological polar surface area (TPSA) is 69.2 Å². The Balaban J connectivity index is 1.98. The maximum absolute atomic E-state index is 10.6. The van der Waals surface area contributed by atoms with Crippen molar-refractivity contribution in [3.05, 3.63) is 17.7 Å². The first kappa shape index (κ1) is 9.21. The molecule has 0 saturated carbocycles. The zero-order valence-corrected chi connectivity index (χ0v) is 7.86. The Hall–Kier alpha value is -1.36. The van der Waals surface area contributed by atoms with Gasteiger partial charge in [0.2, 0.25) is 0 Å². The molecule has 1 fully saturated rings. The first-order valence-electron chi connectivity index (χ1n) is 4.75. The van der Waals surface area contributed by atoms with E-state index in [-0.39, 0.29) is 5.69 Å². The number of aromatic nitrogens is 2. The van der Waals surface area contributed by atoms with Crippen LogP contribution in [0.5, 0.6) is 0 Å². The van der Waals surface area contributed by atoms with Gasteiger partial charge in [-0.15, -0.1) is 0 Å². The van der Waals surface area contributed by atoms with Crippen molar-refractivity contribution in [2.45, 2.75) is 19.4 Å². The largest absolute Gasteiger partial charge is 0.476 e. The van der Waals surface area contributed by atoms with E-state index in [9.17, 15) is 4.79 Å². The summed E-state index contributed by atoms with van der Waals surface area (Å²) in [4.78, 5) is 19.7. The monoisotopic (exact) mass is 195 g/mol. The highest BCUT2D eigenvalue weighted by molar-refractivity contribution is 5.84. The summed E-state index contributed by atoms with van der Waals surface area (Å²) < 4.78 is 0. The van der Waals surface area contributed by atoms with Gasteiger partial charge in [-0.3, -0.25) is 4.90 Å². The number of carboxylic acid groups (broad SMARTS) is 1. The molecule has 0 bridgehead atoms. The van der Waals surface area contributed by atoms with Crippen LogP contribution in [0.15, 0.2) is 6.20 Å². The Morgan fingerprint density at radius 1 is 1.57 bits per heavy atom. The van der Waals surface area contributed by atoms with Gasteiger partial charge >= 0.3 is 5.97 Å². The van der Waals surface area contributed by atoms with Crippen molar-refractivity contribution in [3.8, 4) is 0 Å². The molecule has 0 aromatic carbocycles. The second-order valence-electron chi connectivity index (χ2n) is 3.52. The Morgan fingerprint density at radius 3 is 2.86 bits per heavy atom. The fourth-order valence-corrected chi connectivity index (χ4v) is 1.70. The van der Waals surface area contributed by atoms with Gasteiger partial charge in [0.1, 0.15) is 5.82 Å². The summed E-state index contributed by atoms with van der Waals surface area (Å²) in [6.07, 6.45) is 3.90. The zero-order chi connectivity index (χ0) is 9.97. The Morgan fingerprint density at radius 2 is 2.29 bits per heavy atom. The molecule has 1 aliphatic heterocycles. The lowest BCUT2D eigenvalue weighted by Crippen LogP contribution is -2.19. The van der Waals surface area contributed by atoms with Gasteiger partial charge in [0, 0.05) is 6.20 Å². The highest BCUT2D eigenvalue weighted by Crippen LogP contribution is 2.10. The van der Waals surface area contributed by atoms with E-state index in [2.05, 4.69) is 14.9 Å². The summed E-state index contributed by atoms with van der Waals surface area (Å²) in [5, 5.41) is 8.66. The molecule has 0 unspecified atom stereocenters. The SMILES string of the molecule is O=C(O)c1c[nH]c(CN2CCCC2)n1. The fourth-order valence-electron chi connectivity index (χ4n) is 1.70. The first-order chi connectivity index (χ1) is 6.75. The number of carbonyl (C=O) groups is 1. The van der Waals surface area contributed by atoms with E-state index < -0.39 is 5.97 Å². The molecule has 0 amide bonds. The summed E-state index contributed by atoms with van der Waals surface area (Å²) in [7, 11) is 0. The average molecular weight is 195 g/mol. The lowest BCUT2D eigenvalue weighted by atomic mass is 10.4. The van der Waals surface area contributed by atoms with E-state index in [1.54, 1.807) is 0 Å². The predicted octanol–water partition coefficient (Wildman–Crippen LogP) is 0.704. The van der Waals surface area contributed by atoms with Crippen LogP contribution in [-0.4, -0.2) is 39.0 Å². The predicted molar refractivity (Wildman–Crippen MR) is 50.1 cm³/mol. The van der Waals surface area contributed by atoms with Crippen molar-refractivity contribution in [1.29, 1.82) is 0 Å². The van der Waals surface area contributed by atoms with Gasteiger partial charge in [-0.2, -0.15) is 0 Å². The van der Waals surface area contributed by atoms with Crippen molar-refractivity contribution in [2.75, 3.05) is 13.1 Å². The van der Waals surface area contributed by atoms with E-state index in [1.165, 1.54) is 19.0 Å². The number of hydrogen-bond donors (Lipinski definition) is 2. The number of rotatable bonds is 3. The number of aromatic carboxylic acids is 1. The van der Waals surface area contributed by atoms with Crippen LogP contribution in [0, 0.1) is 0 Å². The molecule has 1 aromatic rings. The molecule has 2 rings (SSSR count). The van der Waals surface area contributed by atoms with Crippen LogP contribution in [0.3, 0.4) is 0 Å². The third kappa shape index (κ3) is 1.93. The number of H-pyrrole nitrogens is 1. The second-order valence-corrected chi connectivity index (χ2v) is 3.52. The molecule has 1 aliphatic rings. The average Bonchev–Trinajstić information content (AvgIpc) is 2.75. The Bertz CT molecular complexity index is 329. The minimum atomic E-state index is -0.978. The molecule has 0 atom stereocenters. The summed E-state index contributed by atoms with van der Waals surface area (Å²) in [5.74, 6) is -0.238. The van der Waals surface area contributed by atoms with Crippen LogP contribution in [0.2, 0.25) is 0 Å². The minimum absolute atomic E-state index is 0.0965. The lowest BCUT2D eigenvalue weighted by Gasteiger charge is -2.11. The van der Waals surface area contributed by atoms with Crippen molar-refractivity contribution < 1.29 is 9.90 Å². The first-order valence-corrected chi connectivity index (χ1v) is 4.75. The van der Waals surface area contributed by atoms with Crippen LogP contribution in [0.1, 0.15) is 29.2 Å². The van der Waals surface area contributed by atoms with Crippen molar-refractivity contribution in [2.24, 2.45) is 0 Å². The van der Waals surface area contributed by atoms with Crippen LogP contribution in [0.4, 0.5) is 0 Å². The second kappa shape index (κ2) is 3.79. The van der Waals surface area contributed by atoms with E-state index >= 15 is 0 Å². The summed E-state index contributed by atoms with van der Waals surface area (Å²) in [6, 6.07) is 0. The van der Waals surface area contributed by atoms with Crippen molar-refractivity contribution >= 4 is 5.97 Å². The minimum Gasteiger partial charge on any atom is -0.476 e. The van der Waals surface area contributed by atoms with Gasteiger partial charge < -0.3 is 10.1 Å². The molecular weight excluding hydrogens is 182 g/mol. The highest BCUT2D eigenvalue weighted by atomic mass is 16.4. The Kier molecular flexibility index (Phi) is 2.49. The maximum atomic E-state index is 10.6. The van der Waals surface area contributed by atoms with Gasteiger partial charge in [-0.1, -0.05) is 0 Å². The van der Waals surface area contributed by atoms with E-state index in [0.29, 0.717) is 0 Å². The van der Waals surface area contributed by atoms with Gasteiger partial charge in [0.15, 0.2) is 5.69 Å². The molecule has 14 heavy (non-hydrogen) atoms. The third-order valence-corrected chi connectivity index (χ3v) is 2.42. The number of aromatic amines is 1. The van der Waals surface area contributed by atoms with Crippen LogP contribution in [0.25, 0.3) is 0 Å². The van der Waals surface area contributed by atoms with E-state index in [1.807, 2.05) is 0 Å². The standard InChI is InChI=1S/C9H13N3O2/c13-9(14)7-5-10-8(11-7)6-12-3-1-2-4-12/h5H,1-4,6H2,(H,10,11)(H,13,14). The van der Waals surface area contributed by atoms with Gasteiger partial charge in [0.25, 0.3) is 0 Å². The molecule has 1 saturated heterocycles. The number of nitrogens with one attached hydrogen (secondary N) is 1. The summed E-state index contributed by atoms with van der Waals surface area (Å²) in [6.45, 7) is 2.90. The summed E-state index contributed by atoms with van der Waals surface area (Å²) in [5.41, 5.74) is 0.0965. The molecule has 0 spiro atoms. The fraction of sp³-hybridized carbons (Fsp3) is 0.556. The third-order valence-electron chi connectivity index (χ3n) is 2.42. The van der Waals surface area contributed by atoms with Gasteiger partial charge in [0.05, 0.1) is 6.54 Å². The highest BCUT2D eigenvalue weighted by Gasteiger charge is 2.14. The van der Waals surface area contributed by atoms with E-state index in [0.717, 1.165) is 25.5 Å². The number of imidazole rings is 1. The molecule has 5 nitrogen and oxygen atoms in total. The van der Waals surface area contributed by atoms with Crippen molar-refractivity contribution in [3.63, 3.8) is 0 Å². The van der Waals surface area contributed by atoms with Crippen LogP contribution >= 0.6 is 0 Å². The quantitative estimate of drug-likeness (QED) is 0.745. The van der Waals surface area contributed by atoms with Gasteiger partial charge in [-0.25, -0.2) is 9.78 Å². The van der Waals surface area contributed by atoms with Crippen LogP contribution < -0.4 is 0 Å². The number of hydrogen-bond acceptors (Lipinski definition) is 3. The molecule has 2 heterocycles. The number of likely N-dealkylation sites (tertiary alicyclic amines) is 1. The zero-order valence-electron chi connectivity index (χ0n) is 7.86. The number of carboxylic acids is 1. The van der Waals surface area contributed by atoms with Crippen LogP contribution in [-0.2, 0) is 6.54 Å². The molecular formula is C9H13N3O2. The Labute approximate surface area is 81.8 Å². The molecule has 0 radical (unpaired) electrons. The molecule has 76 valence electrons. The molecule has 2 N–H and O–H groups in total. The summed E-state index contributed by atoms with van der Waals surface area (Å²) >= 11 is 0. The lowest BCUT2D eigenvalue weighted by molar-refractivity contribution is 0.0691. The smallest absolute Gasteiger partial charge is 0.356 e. The normalized spacial score (nSPS) is 17.4. The van der Waals surface area contributed by atoms with Crippen molar-refractivity contribution in [1.82, 2.24) is 14.9 Å². The molecule has 5 heteroatoms. The molecule has 1 aromatic heterocycles. The molecule has 0 aliphatic carbocycles. The van der Waals surface area contributed by atoms with Gasteiger partial charge in [-0.05, 0) is 25.9 Å². The number of nitrogens with zero attached hydrogens (tertiary/aromatic N) is 2. The van der Waals surface area contributed by atoms with E-state index in [4.69, 9.17) is 5.11 Å². The maximum Gasteiger partial charge on any atom is 0.356 e.